The third-order valence-electron chi connectivity index (χ3n) is 4.86. The molecule has 2 amide bonds. The van der Waals surface area contributed by atoms with Crippen molar-refractivity contribution in [3.63, 3.8) is 0 Å². The highest BCUT2D eigenvalue weighted by atomic mass is 32.1. The second kappa shape index (κ2) is 9.65. The smallest absolute Gasteiger partial charge is 0.273 e. The first-order chi connectivity index (χ1) is 15.2. The van der Waals surface area contributed by atoms with E-state index in [2.05, 4.69) is 20.8 Å². The largest absolute Gasteiger partial charge is 0.340 e. The number of carbonyl (C=O) groups is 2. The van der Waals surface area contributed by atoms with Gasteiger partial charge in [-0.05, 0) is 25.8 Å². The van der Waals surface area contributed by atoms with Crippen molar-refractivity contribution in [2.24, 2.45) is 5.92 Å². The number of anilines is 1. The second-order valence-electron chi connectivity index (χ2n) is 7.72. The van der Waals surface area contributed by atoms with Gasteiger partial charge in [0.2, 0.25) is 11.0 Å². The van der Waals surface area contributed by atoms with Crippen LogP contribution in [0.1, 0.15) is 35.3 Å². The number of aryl methyl sites for hydroxylation is 2. The Bertz CT molecular complexity index is 1160. The number of rotatable bonds is 7. The zero-order valence-electron chi connectivity index (χ0n) is 18.1. The van der Waals surface area contributed by atoms with E-state index in [0.717, 1.165) is 11.1 Å². The summed E-state index contributed by atoms with van der Waals surface area (Å²) in [5, 5.41) is 25.6. The lowest BCUT2D eigenvalue weighted by Crippen LogP contribution is -2.47. The van der Waals surface area contributed by atoms with Gasteiger partial charge in [0, 0.05) is 22.8 Å². The molecule has 0 aliphatic heterocycles. The molecule has 1 unspecified atom stereocenters. The lowest BCUT2D eigenvalue weighted by Gasteiger charge is -2.21. The van der Waals surface area contributed by atoms with E-state index in [1.807, 2.05) is 31.2 Å². The zero-order chi connectivity index (χ0) is 23.4. The second-order valence-corrected chi connectivity index (χ2v) is 8.70. The topological polar surface area (TPSA) is 127 Å². The Morgan fingerprint density at radius 2 is 1.75 bits per heavy atom. The standard InChI is InChI=1S/C22H23N5O4S/c1-12(2)18(23-19(28)16-10-7-14(4)17(11-16)27(30)31)20(29)24-22-26-25-21(32-22)15-8-5-13(3)6-9-15/h5-12,18H,1-4H3,(H,23,28)(H,24,26,29). The molecule has 32 heavy (non-hydrogen) atoms. The van der Waals surface area contributed by atoms with Crippen LogP contribution in [0, 0.1) is 29.9 Å². The Balaban J connectivity index is 1.73. The number of nitro groups is 1. The van der Waals surface area contributed by atoms with Crippen LogP contribution in [-0.4, -0.2) is 33.0 Å². The van der Waals surface area contributed by atoms with Crippen LogP contribution < -0.4 is 10.6 Å². The maximum atomic E-state index is 12.8. The molecule has 166 valence electrons. The summed E-state index contributed by atoms with van der Waals surface area (Å²) in [6.07, 6.45) is 0. The van der Waals surface area contributed by atoms with Gasteiger partial charge in [0.1, 0.15) is 11.0 Å². The first-order valence-electron chi connectivity index (χ1n) is 9.93. The van der Waals surface area contributed by atoms with E-state index in [1.54, 1.807) is 20.8 Å². The van der Waals surface area contributed by atoms with Crippen molar-refractivity contribution in [2.75, 3.05) is 5.32 Å². The molecule has 9 nitrogen and oxygen atoms in total. The van der Waals surface area contributed by atoms with Gasteiger partial charge in [-0.2, -0.15) is 0 Å². The van der Waals surface area contributed by atoms with Gasteiger partial charge in [-0.25, -0.2) is 0 Å². The van der Waals surface area contributed by atoms with Crippen LogP contribution in [0.2, 0.25) is 0 Å². The van der Waals surface area contributed by atoms with Crippen molar-refractivity contribution in [3.05, 3.63) is 69.3 Å². The molecule has 3 aromatic rings. The lowest BCUT2D eigenvalue weighted by atomic mass is 10.0. The molecular formula is C22H23N5O4S. The molecule has 1 aromatic heterocycles. The van der Waals surface area contributed by atoms with Crippen molar-refractivity contribution in [2.45, 2.75) is 33.7 Å². The van der Waals surface area contributed by atoms with E-state index < -0.39 is 22.8 Å². The average molecular weight is 454 g/mol. The molecule has 10 heteroatoms. The van der Waals surface area contributed by atoms with Crippen LogP contribution in [0.5, 0.6) is 0 Å². The first-order valence-corrected chi connectivity index (χ1v) is 10.7. The molecule has 0 bridgehead atoms. The van der Waals surface area contributed by atoms with Gasteiger partial charge in [-0.3, -0.25) is 25.0 Å². The summed E-state index contributed by atoms with van der Waals surface area (Å²) >= 11 is 1.23. The molecule has 0 aliphatic rings. The molecule has 1 heterocycles. The number of hydrogen-bond donors (Lipinski definition) is 2. The number of carbonyl (C=O) groups excluding carboxylic acids is 2. The molecule has 2 N–H and O–H groups in total. The fraction of sp³-hybridized carbons (Fsp3) is 0.273. The summed E-state index contributed by atoms with van der Waals surface area (Å²) in [6.45, 7) is 7.17. The SMILES string of the molecule is Cc1ccc(-c2nnc(NC(=O)C(NC(=O)c3ccc(C)c([N+](=O)[O-])c3)C(C)C)s2)cc1. The molecule has 0 saturated heterocycles. The fourth-order valence-corrected chi connectivity index (χ4v) is 3.73. The summed E-state index contributed by atoms with van der Waals surface area (Å²) < 4.78 is 0. The Labute approximate surface area is 189 Å². The number of nitrogens with zero attached hydrogens (tertiary/aromatic N) is 3. The summed E-state index contributed by atoms with van der Waals surface area (Å²) in [6, 6.07) is 11.1. The Morgan fingerprint density at radius 3 is 2.38 bits per heavy atom. The Morgan fingerprint density at radius 1 is 1.06 bits per heavy atom. The van der Waals surface area contributed by atoms with Crippen molar-refractivity contribution >= 4 is 34.0 Å². The maximum absolute atomic E-state index is 12.8. The molecule has 0 saturated carbocycles. The lowest BCUT2D eigenvalue weighted by molar-refractivity contribution is -0.385. The summed E-state index contributed by atoms with van der Waals surface area (Å²) in [5.41, 5.74) is 2.42. The van der Waals surface area contributed by atoms with Gasteiger partial charge in [-0.15, -0.1) is 10.2 Å². The molecule has 0 fully saturated rings. The highest BCUT2D eigenvalue weighted by molar-refractivity contribution is 7.18. The number of nitrogens with one attached hydrogen (secondary N) is 2. The predicted octanol–water partition coefficient (Wildman–Crippen LogP) is 4.12. The molecule has 3 rings (SSSR count). The quantitative estimate of drug-likeness (QED) is 0.409. The minimum atomic E-state index is -0.866. The van der Waals surface area contributed by atoms with E-state index in [-0.39, 0.29) is 17.2 Å². The summed E-state index contributed by atoms with van der Waals surface area (Å²) in [5.74, 6) is -1.25. The molecule has 1 atom stereocenters. The average Bonchev–Trinajstić information content (AvgIpc) is 3.20. The number of amides is 2. The van der Waals surface area contributed by atoms with Gasteiger partial charge in [0.25, 0.3) is 11.6 Å². The predicted molar refractivity (Wildman–Crippen MR) is 123 cm³/mol. The van der Waals surface area contributed by atoms with Crippen molar-refractivity contribution in [1.82, 2.24) is 15.5 Å². The number of nitro benzene ring substituents is 1. The number of hydrogen-bond acceptors (Lipinski definition) is 7. The van der Waals surface area contributed by atoms with Gasteiger partial charge in [-0.1, -0.05) is 61.1 Å². The number of benzene rings is 2. The zero-order valence-corrected chi connectivity index (χ0v) is 18.9. The van der Waals surface area contributed by atoms with Crippen molar-refractivity contribution in [3.8, 4) is 10.6 Å². The molecular weight excluding hydrogens is 430 g/mol. The van der Waals surface area contributed by atoms with Crippen LogP contribution >= 0.6 is 11.3 Å². The molecule has 0 aliphatic carbocycles. The van der Waals surface area contributed by atoms with Crippen LogP contribution in [-0.2, 0) is 4.79 Å². The minimum Gasteiger partial charge on any atom is -0.340 e. The fourth-order valence-electron chi connectivity index (χ4n) is 2.98. The van der Waals surface area contributed by atoms with E-state index in [1.165, 1.54) is 29.5 Å². The normalized spacial score (nSPS) is 11.8. The highest BCUT2D eigenvalue weighted by Crippen LogP contribution is 2.27. The highest BCUT2D eigenvalue weighted by Gasteiger charge is 2.26. The van der Waals surface area contributed by atoms with Gasteiger partial charge in [0.15, 0.2) is 0 Å². The van der Waals surface area contributed by atoms with Crippen LogP contribution in [0.25, 0.3) is 10.6 Å². The summed E-state index contributed by atoms with van der Waals surface area (Å²) in [4.78, 5) is 36.1. The van der Waals surface area contributed by atoms with Gasteiger partial charge < -0.3 is 5.32 Å². The number of aromatic nitrogens is 2. The minimum absolute atomic E-state index is 0.110. The van der Waals surface area contributed by atoms with Crippen LogP contribution in [0.15, 0.2) is 42.5 Å². The Hall–Kier alpha value is -3.66. The van der Waals surface area contributed by atoms with E-state index in [9.17, 15) is 19.7 Å². The molecule has 0 radical (unpaired) electrons. The van der Waals surface area contributed by atoms with Crippen molar-refractivity contribution in [1.29, 1.82) is 0 Å². The molecule has 2 aromatic carbocycles. The van der Waals surface area contributed by atoms with E-state index in [0.29, 0.717) is 15.7 Å². The maximum Gasteiger partial charge on any atom is 0.273 e. The van der Waals surface area contributed by atoms with E-state index in [4.69, 9.17) is 0 Å². The Kier molecular flexibility index (Phi) is 6.94. The van der Waals surface area contributed by atoms with Gasteiger partial charge >= 0.3 is 0 Å². The van der Waals surface area contributed by atoms with Gasteiger partial charge in [0.05, 0.1) is 4.92 Å². The first kappa shape index (κ1) is 23.0. The molecule has 0 spiro atoms. The van der Waals surface area contributed by atoms with Crippen LogP contribution in [0.4, 0.5) is 10.8 Å². The third kappa shape index (κ3) is 5.33. The van der Waals surface area contributed by atoms with E-state index >= 15 is 0 Å². The van der Waals surface area contributed by atoms with Crippen LogP contribution in [0.3, 0.4) is 0 Å². The summed E-state index contributed by atoms with van der Waals surface area (Å²) in [7, 11) is 0. The third-order valence-corrected chi connectivity index (χ3v) is 5.75. The monoisotopic (exact) mass is 453 g/mol. The van der Waals surface area contributed by atoms with Crippen molar-refractivity contribution < 1.29 is 14.5 Å².